The topological polar surface area (TPSA) is 12.0 Å². The number of benzene rings is 1. The highest BCUT2D eigenvalue weighted by Gasteiger charge is 2.19. The lowest BCUT2D eigenvalue weighted by molar-refractivity contribution is 0.417. The zero-order chi connectivity index (χ0) is 13.5. The van der Waals surface area contributed by atoms with Gasteiger partial charge in [-0.1, -0.05) is 27.2 Å². The molecule has 0 saturated carbocycles. The Morgan fingerprint density at radius 1 is 1.11 bits per heavy atom. The van der Waals surface area contributed by atoms with Gasteiger partial charge in [0, 0.05) is 12.6 Å². The predicted octanol–water partition coefficient (Wildman–Crippen LogP) is 4.09. The van der Waals surface area contributed by atoms with Crippen molar-refractivity contribution in [2.24, 2.45) is 5.92 Å². The van der Waals surface area contributed by atoms with Gasteiger partial charge < -0.3 is 5.32 Å². The molecule has 1 rings (SSSR count). The lowest BCUT2D eigenvalue weighted by Crippen LogP contribution is -2.26. The van der Waals surface area contributed by atoms with Gasteiger partial charge in [-0.15, -0.1) is 0 Å². The molecular formula is C15H23F2N. The first-order valence-corrected chi connectivity index (χ1v) is 6.75. The third-order valence-electron chi connectivity index (χ3n) is 3.43. The van der Waals surface area contributed by atoms with E-state index in [9.17, 15) is 8.78 Å². The summed E-state index contributed by atoms with van der Waals surface area (Å²) >= 11 is 0. The van der Waals surface area contributed by atoms with Gasteiger partial charge in [0.25, 0.3) is 0 Å². The molecule has 2 unspecified atom stereocenters. The summed E-state index contributed by atoms with van der Waals surface area (Å²) in [7, 11) is 0. The fraction of sp³-hybridized carbons (Fsp3) is 0.600. The molecular weight excluding hydrogens is 232 g/mol. The Morgan fingerprint density at radius 3 is 2.22 bits per heavy atom. The van der Waals surface area contributed by atoms with Crippen molar-refractivity contribution in [3.05, 3.63) is 35.4 Å². The smallest absolute Gasteiger partial charge is 0.126 e. The average Bonchev–Trinajstić information content (AvgIpc) is 2.32. The van der Waals surface area contributed by atoms with Crippen molar-refractivity contribution >= 4 is 0 Å². The molecule has 1 nitrogen and oxygen atoms in total. The molecule has 1 aromatic rings. The molecule has 3 heteroatoms. The van der Waals surface area contributed by atoms with Gasteiger partial charge >= 0.3 is 0 Å². The Morgan fingerprint density at radius 2 is 1.72 bits per heavy atom. The maximum absolute atomic E-state index is 13.3. The minimum absolute atomic E-state index is 0.159. The van der Waals surface area contributed by atoms with Crippen LogP contribution < -0.4 is 5.32 Å². The summed E-state index contributed by atoms with van der Waals surface area (Å²) in [5, 5.41) is 3.34. The Hall–Kier alpha value is -0.960. The Balaban J connectivity index is 2.86. The summed E-state index contributed by atoms with van der Waals surface area (Å²) in [6, 6.07) is 3.83. The molecule has 1 aromatic carbocycles. The first kappa shape index (κ1) is 15.1. The minimum Gasteiger partial charge on any atom is -0.316 e. The van der Waals surface area contributed by atoms with Crippen molar-refractivity contribution in [2.45, 2.75) is 39.5 Å². The number of rotatable bonds is 7. The summed E-state index contributed by atoms with van der Waals surface area (Å²) < 4.78 is 26.6. The fourth-order valence-corrected chi connectivity index (χ4v) is 2.16. The highest BCUT2D eigenvalue weighted by molar-refractivity contribution is 5.23. The average molecular weight is 255 g/mol. The molecule has 18 heavy (non-hydrogen) atoms. The second-order valence-corrected chi connectivity index (χ2v) is 4.90. The third-order valence-corrected chi connectivity index (χ3v) is 3.43. The van der Waals surface area contributed by atoms with E-state index in [4.69, 9.17) is 0 Å². The zero-order valence-electron chi connectivity index (χ0n) is 11.5. The van der Waals surface area contributed by atoms with Crippen molar-refractivity contribution in [2.75, 3.05) is 13.1 Å². The van der Waals surface area contributed by atoms with Gasteiger partial charge in [-0.05, 0) is 42.5 Å². The first-order valence-electron chi connectivity index (χ1n) is 6.75. The second kappa shape index (κ2) is 7.47. The lowest BCUT2D eigenvalue weighted by Gasteiger charge is -2.24. The quantitative estimate of drug-likeness (QED) is 0.723. The van der Waals surface area contributed by atoms with Crippen LogP contribution in [0.1, 0.15) is 45.1 Å². The van der Waals surface area contributed by atoms with Crippen LogP contribution in [0.15, 0.2) is 18.2 Å². The van der Waals surface area contributed by atoms with E-state index < -0.39 is 11.6 Å². The molecule has 1 N–H and O–H groups in total. The SMILES string of the molecule is CCCNCC(c1cc(F)cc(F)c1)C(C)CC. The third kappa shape index (κ3) is 4.37. The molecule has 0 fully saturated rings. The predicted molar refractivity (Wildman–Crippen MR) is 71.7 cm³/mol. The largest absolute Gasteiger partial charge is 0.316 e. The van der Waals surface area contributed by atoms with Crippen LogP contribution in [0, 0.1) is 17.6 Å². The highest BCUT2D eigenvalue weighted by atomic mass is 19.1. The lowest BCUT2D eigenvalue weighted by atomic mass is 9.85. The van der Waals surface area contributed by atoms with Crippen molar-refractivity contribution in [1.29, 1.82) is 0 Å². The van der Waals surface area contributed by atoms with Gasteiger partial charge in [0.2, 0.25) is 0 Å². The van der Waals surface area contributed by atoms with Crippen molar-refractivity contribution in [3.63, 3.8) is 0 Å². The molecule has 0 bridgehead atoms. The molecule has 0 amide bonds. The number of hydrogen-bond donors (Lipinski definition) is 1. The van der Waals surface area contributed by atoms with E-state index in [1.807, 2.05) is 0 Å². The van der Waals surface area contributed by atoms with E-state index in [-0.39, 0.29) is 5.92 Å². The Labute approximate surface area is 109 Å². The monoisotopic (exact) mass is 255 g/mol. The number of hydrogen-bond acceptors (Lipinski definition) is 1. The molecule has 0 spiro atoms. The maximum Gasteiger partial charge on any atom is 0.126 e. The summed E-state index contributed by atoms with van der Waals surface area (Å²) in [5.41, 5.74) is 0.755. The van der Waals surface area contributed by atoms with Crippen LogP contribution in [0.3, 0.4) is 0 Å². The van der Waals surface area contributed by atoms with Gasteiger partial charge in [-0.3, -0.25) is 0 Å². The molecule has 0 aliphatic rings. The van der Waals surface area contributed by atoms with Gasteiger partial charge in [0.15, 0.2) is 0 Å². The van der Waals surface area contributed by atoms with Crippen LogP contribution in [-0.4, -0.2) is 13.1 Å². The molecule has 0 heterocycles. The number of nitrogens with one attached hydrogen (secondary N) is 1. The second-order valence-electron chi connectivity index (χ2n) is 4.90. The van der Waals surface area contributed by atoms with E-state index in [1.54, 1.807) is 0 Å². The van der Waals surface area contributed by atoms with Crippen LogP contribution in [0.5, 0.6) is 0 Å². The van der Waals surface area contributed by atoms with Gasteiger partial charge in [0.1, 0.15) is 11.6 Å². The van der Waals surface area contributed by atoms with Crippen LogP contribution in [-0.2, 0) is 0 Å². The summed E-state index contributed by atoms with van der Waals surface area (Å²) in [6.07, 6.45) is 2.06. The molecule has 0 saturated heterocycles. The standard InChI is InChI=1S/C15H23F2N/c1-4-6-18-10-15(11(3)5-2)12-7-13(16)9-14(17)8-12/h7-9,11,15,18H,4-6,10H2,1-3H3. The van der Waals surface area contributed by atoms with Crippen molar-refractivity contribution < 1.29 is 8.78 Å². The molecule has 0 aliphatic carbocycles. The Bertz CT molecular complexity index is 345. The summed E-state index contributed by atoms with van der Waals surface area (Å²) in [5.74, 6) is -0.426. The highest BCUT2D eigenvalue weighted by Crippen LogP contribution is 2.27. The van der Waals surface area contributed by atoms with Crippen LogP contribution >= 0.6 is 0 Å². The zero-order valence-corrected chi connectivity index (χ0v) is 11.5. The van der Waals surface area contributed by atoms with Crippen LogP contribution in [0.2, 0.25) is 0 Å². The Kier molecular flexibility index (Phi) is 6.27. The molecule has 102 valence electrons. The minimum atomic E-state index is -0.492. The van der Waals surface area contributed by atoms with Crippen LogP contribution in [0.4, 0.5) is 8.78 Å². The summed E-state index contributed by atoms with van der Waals surface area (Å²) in [4.78, 5) is 0. The van der Waals surface area contributed by atoms with E-state index in [1.165, 1.54) is 12.1 Å². The molecule has 2 atom stereocenters. The summed E-state index contributed by atoms with van der Waals surface area (Å²) in [6.45, 7) is 8.04. The van der Waals surface area contributed by atoms with E-state index in [2.05, 4.69) is 26.1 Å². The van der Waals surface area contributed by atoms with E-state index in [0.29, 0.717) is 5.92 Å². The normalized spacial score (nSPS) is 14.5. The van der Waals surface area contributed by atoms with E-state index >= 15 is 0 Å². The first-order chi connectivity index (χ1) is 8.58. The van der Waals surface area contributed by atoms with Crippen LogP contribution in [0.25, 0.3) is 0 Å². The maximum atomic E-state index is 13.3. The number of halogens is 2. The fourth-order valence-electron chi connectivity index (χ4n) is 2.16. The van der Waals surface area contributed by atoms with Gasteiger partial charge in [-0.2, -0.15) is 0 Å². The van der Waals surface area contributed by atoms with Crippen molar-refractivity contribution in [3.8, 4) is 0 Å². The molecule has 0 aliphatic heterocycles. The molecule has 0 radical (unpaired) electrons. The molecule has 0 aromatic heterocycles. The van der Waals surface area contributed by atoms with E-state index in [0.717, 1.165) is 37.6 Å². The van der Waals surface area contributed by atoms with Gasteiger partial charge in [-0.25, -0.2) is 8.78 Å². The van der Waals surface area contributed by atoms with Gasteiger partial charge in [0.05, 0.1) is 0 Å². The van der Waals surface area contributed by atoms with Crippen molar-refractivity contribution in [1.82, 2.24) is 5.32 Å².